The molecule has 1 unspecified atom stereocenters. The summed E-state index contributed by atoms with van der Waals surface area (Å²) >= 11 is 0. The molecule has 0 aliphatic heterocycles. The summed E-state index contributed by atoms with van der Waals surface area (Å²) in [6.45, 7) is 6.65. The lowest BCUT2D eigenvalue weighted by Gasteiger charge is -2.30. The number of hydrogen-bond acceptors (Lipinski definition) is 2. The number of carbonyl (C=O) groups excluding carboxylic acids is 1. The van der Waals surface area contributed by atoms with Crippen LogP contribution in [0.3, 0.4) is 0 Å². The quantitative estimate of drug-likeness (QED) is 0.536. The van der Waals surface area contributed by atoms with Crippen LogP contribution in [0.25, 0.3) is 0 Å². The average Bonchev–Trinajstić information content (AvgIpc) is 2.75. The molecule has 0 saturated carbocycles. The van der Waals surface area contributed by atoms with E-state index in [0.29, 0.717) is 6.54 Å². The van der Waals surface area contributed by atoms with Crippen molar-refractivity contribution in [2.75, 3.05) is 24.3 Å². The van der Waals surface area contributed by atoms with Crippen molar-refractivity contribution in [3.05, 3.63) is 95.1 Å². The van der Waals surface area contributed by atoms with E-state index in [1.54, 1.807) is 0 Å². The minimum Gasteiger partial charge on any atom is -0.378 e. The van der Waals surface area contributed by atoms with E-state index in [0.717, 1.165) is 33.6 Å². The van der Waals surface area contributed by atoms with Gasteiger partial charge in [0.05, 0.1) is 6.04 Å². The molecule has 0 saturated heterocycles. The second-order valence-electron chi connectivity index (χ2n) is 7.97. The van der Waals surface area contributed by atoms with Crippen molar-refractivity contribution >= 4 is 17.4 Å². The minimum atomic E-state index is -0.0968. The molecule has 0 fully saturated rings. The van der Waals surface area contributed by atoms with Gasteiger partial charge in [-0.05, 0) is 55.2 Å². The summed E-state index contributed by atoms with van der Waals surface area (Å²) in [5.74, 6) is 0. The van der Waals surface area contributed by atoms with E-state index >= 15 is 0 Å². The second kappa shape index (κ2) is 9.49. The van der Waals surface area contributed by atoms with Crippen LogP contribution < -0.4 is 10.2 Å². The van der Waals surface area contributed by atoms with E-state index in [-0.39, 0.29) is 12.1 Å². The normalized spacial score (nSPS) is 11.6. The van der Waals surface area contributed by atoms with Crippen LogP contribution in [0, 0.1) is 13.8 Å². The first kappa shape index (κ1) is 21.4. The summed E-state index contributed by atoms with van der Waals surface area (Å²) in [6, 6.07) is 24.4. The predicted octanol–water partition coefficient (Wildman–Crippen LogP) is 6.16. The van der Waals surface area contributed by atoms with Crippen molar-refractivity contribution in [3.63, 3.8) is 0 Å². The molecule has 2 amide bonds. The Morgan fingerprint density at radius 3 is 2.03 bits per heavy atom. The van der Waals surface area contributed by atoms with Gasteiger partial charge in [-0.15, -0.1) is 0 Å². The average molecular weight is 402 g/mol. The third-order valence-corrected chi connectivity index (χ3v) is 5.53. The van der Waals surface area contributed by atoms with E-state index in [9.17, 15) is 4.79 Å². The number of amides is 2. The summed E-state index contributed by atoms with van der Waals surface area (Å²) in [6.07, 6.45) is 0. The largest absolute Gasteiger partial charge is 0.378 e. The van der Waals surface area contributed by atoms with Crippen molar-refractivity contribution in [2.45, 2.75) is 33.4 Å². The Morgan fingerprint density at radius 1 is 0.867 bits per heavy atom. The Bertz CT molecular complexity index is 961. The van der Waals surface area contributed by atoms with Gasteiger partial charge in [0.2, 0.25) is 0 Å². The SMILES string of the molecule is Cc1cccc(C)c1NC(=O)N(Cc1ccc(N(C)C)cc1)C(C)c1ccccc1. The number of nitrogens with one attached hydrogen (secondary N) is 1. The summed E-state index contributed by atoms with van der Waals surface area (Å²) in [4.78, 5) is 17.4. The Hall–Kier alpha value is -3.27. The fourth-order valence-corrected chi connectivity index (χ4v) is 3.58. The Kier molecular flexibility index (Phi) is 6.78. The Balaban J connectivity index is 1.89. The van der Waals surface area contributed by atoms with Crippen molar-refractivity contribution in [3.8, 4) is 0 Å². The van der Waals surface area contributed by atoms with Crippen molar-refractivity contribution in [1.82, 2.24) is 4.90 Å². The van der Waals surface area contributed by atoms with E-state index in [1.807, 2.05) is 69.2 Å². The predicted molar refractivity (Wildman–Crippen MR) is 126 cm³/mol. The maximum atomic E-state index is 13.4. The fourth-order valence-electron chi connectivity index (χ4n) is 3.58. The maximum Gasteiger partial charge on any atom is 0.322 e. The molecule has 0 spiro atoms. The zero-order valence-electron chi connectivity index (χ0n) is 18.5. The van der Waals surface area contributed by atoms with E-state index in [1.165, 1.54) is 0 Å². The number of hydrogen-bond donors (Lipinski definition) is 1. The number of urea groups is 1. The van der Waals surface area contributed by atoms with Crippen molar-refractivity contribution in [1.29, 1.82) is 0 Å². The van der Waals surface area contributed by atoms with Gasteiger partial charge >= 0.3 is 6.03 Å². The molecule has 4 heteroatoms. The third kappa shape index (κ3) is 5.01. The number of carbonyl (C=O) groups is 1. The molecule has 1 atom stereocenters. The summed E-state index contributed by atoms with van der Waals surface area (Å²) < 4.78 is 0. The van der Waals surface area contributed by atoms with Gasteiger partial charge < -0.3 is 15.1 Å². The highest BCUT2D eigenvalue weighted by Crippen LogP contribution is 2.26. The number of benzene rings is 3. The summed E-state index contributed by atoms with van der Waals surface area (Å²) in [5.41, 5.74) is 6.35. The lowest BCUT2D eigenvalue weighted by atomic mass is 10.1. The van der Waals surface area contributed by atoms with Gasteiger partial charge in [-0.2, -0.15) is 0 Å². The first-order valence-electron chi connectivity index (χ1n) is 10.3. The molecule has 0 aliphatic carbocycles. The van der Waals surface area contributed by atoms with Gasteiger partial charge in [-0.25, -0.2) is 4.79 Å². The van der Waals surface area contributed by atoms with Crippen molar-refractivity contribution in [2.24, 2.45) is 0 Å². The van der Waals surface area contributed by atoms with Gasteiger partial charge in [0, 0.05) is 32.0 Å². The van der Waals surface area contributed by atoms with Crippen molar-refractivity contribution < 1.29 is 4.79 Å². The maximum absolute atomic E-state index is 13.4. The van der Waals surface area contributed by atoms with Gasteiger partial charge in [-0.3, -0.25) is 0 Å². The smallest absolute Gasteiger partial charge is 0.322 e. The van der Waals surface area contributed by atoms with Crippen LogP contribution in [0.4, 0.5) is 16.2 Å². The molecular weight excluding hydrogens is 370 g/mol. The molecule has 0 aromatic heterocycles. The van der Waals surface area contributed by atoms with E-state index in [4.69, 9.17) is 0 Å². The molecule has 3 aromatic carbocycles. The monoisotopic (exact) mass is 401 g/mol. The fraction of sp³-hybridized carbons (Fsp3) is 0.269. The first-order valence-corrected chi connectivity index (χ1v) is 10.3. The zero-order valence-corrected chi connectivity index (χ0v) is 18.5. The van der Waals surface area contributed by atoms with Crippen LogP contribution in [-0.2, 0) is 6.54 Å². The van der Waals surface area contributed by atoms with E-state index < -0.39 is 0 Å². The molecule has 0 heterocycles. The first-order chi connectivity index (χ1) is 14.4. The molecule has 156 valence electrons. The molecule has 3 aromatic rings. The van der Waals surface area contributed by atoms with Crippen LogP contribution in [-0.4, -0.2) is 25.0 Å². The molecular formula is C26H31N3O. The molecule has 4 nitrogen and oxygen atoms in total. The summed E-state index contributed by atoms with van der Waals surface area (Å²) in [7, 11) is 4.05. The number of rotatable bonds is 6. The third-order valence-electron chi connectivity index (χ3n) is 5.53. The molecule has 30 heavy (non-hydrogen) atoms. The zero-order chi connectivity index (χ0) is 21.7. The van der Waals surface area contributed by atoms with Crippen LogP contribution in [0.5, 0.6) is 0 Å². The number of nitrogens with zero attached hydrogens (tertiary/aromatic N) is 2. The Labute approximate surface area is 180 Å². The van der Waals surface area contributed by atoms with Gasteiger partial charge in [0.15, 0.2) is 0 Å². The molecule has 1 N–H and O–H groups in total. The van der Waals surface area contributed by atoms with Crippen LogP contribution in [0.1, 0.15) is 35.2 Å². The number of para-hydroxylation sites is 1. The Morgan fingerprint density at radius 2 is 1.47 bits per heavy atom. The highest BCUT2D eigenvalue weighted by molar-refractivity contribution is 5.91. The van der Waals surface area contributed by atoms with Gasteiger partial charge in [-0.1, -0.05) is 60.7 Å². The number of aryl methyl sites for hydroxylation is 2. The highest BCUT2D eigenvalue weighted by Gasteiger charge is 2.23. The van der Waals surface area contributed by atoms with Crippen LogP contribution in [0.2, 0.25) is 0 Å². The lowest BCUT2D eigenvalue weighted by Crippen LogP contribution is -2.37. The van der Waals surface area contributed by atoms with Crippen LogP contribution in [0.15, 0.2) is 72.8 Å². The molecule has 0 bridgehead atoms. The van der Waals surface area contributed by atoms with Gasteiger partial charge in [0.1, 0.15) is 0 Å². The molecule has 0 aliphatic rings. The standard InChI is InChI=1S/C26H31N3O/c1-19-10-9-11-20(2)25(19)27-26(30)29(21(3)23-12-7-6-8-13-23)18-22-14-16-24(17-15-22)28(4)5/h6-17,21H,18H2,1-5H3,(H,27,30). The van der Waals surface area contributed by atoms with Gasteiger partial charge in [0.25, 0.3) is 0 Å². The molecule has 3 rings (SSSR count). The number of anilines is 2. The highest BCUT2D eigenvalue weighted by atomic mass is 16.2. The van der Waals surface area contributed by atoms with Crippen LogP contribution >= 0.6 is 0 Å². The van der Waals surface area contributed by atoms with E-state index in [2.05, 4.69) is 53.5 Å². The topological polar surface area (TPSA) is 35.6 Å². The summed E-state index contributed by atoms with van der Waals surface area (Å²) in [5, 5.41) is 3.16. The second-order valence-corrected chi connectivity index (χ2v) is 7.97. The lowest BCUT2D eigenvalue weighted by molar-refractivity contribution is 0.189. The minimum absolute atomic E-state index is 0.0657. The molecule has 0 radical (unpaired) electrons.